The van der Waals surface area contributed by atoms with Crippen LogP contribution < -0.4 is 5.32 Å². The average molecular weight is 392 g/mol. The lowest BCUT2D eigenvalue weighted by molar-refractivity contribution is -0.165. The van der Waals surface area contributed by atoms with Gasteiger partial charge in [-0.2, -0.15) is 18.2 Å². The number of carbonyl (C=O) groups is 1. The SMILES string of the molecule is CC12CC3CC(C)(C1)CC(C(=O)Nc1nc4ccc(C(F)(F)F)cc4o1)(C3)C2. The molecule has 1 aromatic heterocycles. The van der Waals surface area contributed by atoms with Crippen molar-refractivity contribution in [3.8, 4) is 0 Å². The number of hydrogen-bond acceptors (Lipinski definition) is 3. The number of nitrogens with zero attached hydrogens (tertiary/aromatic N) is 1. The van der Waals surface area contributed by atoms with Crippen LogP contribution in [0.3, 0.4) is 0 Å². The molecule has 1 N–H and O–H groups in total. The molecule has 4 aliphatic rings. The monoisotopic (exact) mass is 392 g/mol. The molecule has 4 fully saturated rings. The Kier molecular flexibility index (Phi) is 3.41. The van der Waals surface area contributed by atoms with Gasteiger partial charge in [0.05, 0.1) is 11.0 Å². The number of hydrogen-bond donors (Lipinski definition) is 1. The standard InChI is InChI=1S/C21H23F3N2O2/c1-18-6-12-7-19(2,9-18)11-20(8-12,10-18)16(27)26-17-25-14-4-3-13(21(22,23)24)5-15(14)28-17/h3-5,12H,6-11H2,1-2H3,(H,25,26,27). The van der Waals surface area contributed by atoms with Gasteiger partial charge >= 0.3 is 12.2 Å². The van der Waals surface area contributed by atoms with Gasteiger partial charge in [-0.15, -0.1) is 0 Å². The fourth-order valence-corrected chi connectivity index (χ4v) is 7.09. The highest BCUT2D eigenvalue weighted by molar-refractivity contribution is 5.95. The van der Waals surface area contributed by atoms with Gasteiger partial charge in [0.1, 0.15) is 5.52 Å². The number of anilines is 1. The number of carbonyl (C=O) groups excluding carboxylic acids is 1. The van der Waals surface area contributed by atoms with Crippen molar-refractivity contribution in [1.29, 1.82) is 0 Å². The van der Waals surface area contributed by atoms with Crippen LogP contribution in [-0.2, 0) is 11.0 Å². The van der Waals surface area contributed by atoms with Crippen LogP contribution >= 0.6 is 0 Å². The number of benzene rings is 1. The zero-order valence-corrected chi connectivity index (χ0v) is 15.9. The fourth-order valence-electron chi connectivity index (χ4n) is 7.09. The number of nitrogens with one attached hydrogen (secondary N) is 1. The molecule has 0 spiro atoms. The summed E-state index contributed by atoms with van der Waals surface area (Å²) >= 11 is 0. The van der Waals surface area contributed by atoms with Crippen molar-refractivity contribution in [3.63, 3.8) is 0 Å². The smallest absolute Gasteiger partial charge is 0.416 e. The topological polar surface area (TPSA) is 55.1 Å². The normalized spacial score (nSPS) is 36.8. The molecule has 4 aliphatic carbocycles. The third-order valence-electron chi connectivity index (χ3n) is 7.04. The van der Waals surface area contributed by atoms with E-state index in [2.05, 4.69) is 24.1 Å². The van der Waals surface area contributed by atoms with Gasteiger partial charge in [-0.1, -0.05) is 13.8 Å². The average Bonchev–Trinajstić information content (AvgIpc) is 2.91. The van der Waals surface area contributed by atoms with E-state index < -0.39 is 17.2 Å². The lowest BCUT2D eigenvalue weighted by Gasteiger charge is -2.64. The van der Waals surface area contributed by atoms with Gasteiger partial charge in [0.25, 0.3) is 0 Å². The molecule has 1 amide bonds. The van der Waals surface area contributed by atoms with Gasteiger partial charge in [-0.05, 0) is 73.5 Å². The molecule has 4 bridgehead atoms. The summed E-state index contributed by atoms with van der Waals surface area (Å²) in [5.74, 6) is 0.464. The van der Waals surface area contributed by atoms with Gasteiger partial charge in [0.15, 0.2) is 5.58 Å². The minimum absolute atomic E-state index is 0.0227. The molecule has 4 saturated carbocycles. The van der Waals surface area contributed by atoms with Gasteiger partial charge < -0.3 is 4.42 Å². The van der Waals surface area contributed by atoms with Crippen LogP contribution in [0.5, 0.6) is 0 Å². The van der Waals surface area contributed by atoms with Crippen molar-refractivity contribution in [3.05, 3.63) is 23.8 Å². The van der Waals surface area contributed by atoms with E-state index in [1.165, 1.54) is 18.9 Å². The fraction of sp³-hybridized carbons (Fsp3) is 0.619. The van der Waals surface area contributed by atoms with E-state index in [9.17, 15) is 18.0 Å². The highest BCUT2D eigenvalue weighted by Gasteiger charge is 2.62. The quantitative estimate of drug-likeness (QED) is 0.705. The Hall–Kier alpha value is -2.05. The molecular weight excluding hydrogens is 369 g/mol. The zero-order valence-electron chi connectivity index (χ0n) is 15.9. The highest BCUT2D eigenvalue weighted by atomic mass is 19.4. The third kappa shape index (κ3) is 2.73. The summed E-state index contributed by atoms with van der Waals surface area (Å²) in [6.45, 7) is 4.58. The zero-order chi connectivity index (χ0) is 19.9. The molecular formula is C21H23F3N2O2. The summed E-state index contributed by atoms with van der Waals surface area (Å²) in [4.78, 5) is 17.4. The van der Waals surface area contributed by atoms with E-state index in [-0.39, 0.29) is 28.3 Å². The lowest BCUT2D eigenvalue weighted by Crippen LogP contribution is -2.58. The van der Waals surface area contributed by atoms with Crippen LogP contribution in [0.15, 0.2) is 22.6 Å². The molecule has 0 saturated heterocycles. The second-order valence-corrected chi connectivity index (χ2v) is 10.1. The van der Waals surface area contributed by atoms with Gasteiger partial charge in [-0.3, -0.25) is 10.1 Å². The molecule has 0 radical (unpaired) electrons. The Bertz CT molecular complexity index is 962. The first-order valence-electron chi connectivity index (χ1n) is 9.77. The molecule has 28 heavy (non-hydrogen) atoms. The first-order valence-corrected chi connectivity index (χ1v) is 9.77. The Morgan fingerprint density at radius 1 is 1.14 bits per heavy atom. The van der Waals surface area contributed by atoms with Crippen LogP contribution in [0.25, 0.3) is 11.1 Å². The van der Waals surface area contributed by atoms with Crippen molar-refractivity contribution in [1.82, 2.24) is 4.98 Å². The molecule has 150 valence electrons. The molecule has 4 nitrogen and oxygen atoms in total. The lowest BCUT2D eigenvalue weighted by atomic mass is 9.40. The van der Waals surface area contributed by atoms with E-state index in [1.807, 2.05) is 0 Å². The number of oxazole rings is 1. The predicted octanol–water partition coefficient (Wildman–Crippen LogP) is 5.78. The van der Waals surface area contributed by atoms with Crippen LogP contribution in [-0.4, -0.2) is 10.9 Å². The second kappa shape index (κ2) is 5.30. The first-order chi connectivity index (χ1) is 13.0. The van der Waals surface area contributed by atoms with Crippen LogP contribution in [0.1, 0.15) is 57.9 Å². The maximum absolute atomic E-state index is 13.3. The third-order valence-corrected chi connectivity index (χ3v) is 7.04. The van der Waals surface area contributed by atoms with Crippen molar-refractivity contribution in [2.45, 2.75) is 58.5 Å². The van der Waals surface area contributed by atoms with Crippen LogP contribution in [0.4, 0.5) is 19.2 Å². The minimum Gasteiger partial charge on any atom is -0.423 e. The molecule has 2 unspecified atom stereocenters. The van der Waals surface area contributed by atoms with E-state index in [1.54, 1.807) is 0 Å². The predicted molar refractivity (Wildman–Crippen MR) is 97.5 cm³/mol. The van der Waals surface area contributed by atoms with Crippen molar-refractivity contribution < 1.29 is 22.4 Å². The van der Waals surface area contributed by atoms with E-state index in [0.29, 0.717) is 11.4 Å². The number of alkyl halides is 3. The highest BCUT2D eigenvalue weighted by Crippen LogP contribution is 2.69. The second-order valence-electron chi connectivity index (χ2n) is 10.1. The Morgan fingerprint density at radius 3 is 2.43 bits per heavy atom. The Morgan fingerprint density at radius 2 is 1.82 bits per heavy atom. The van der Waals surface area contributed by atoms with Gasteiger partial charge in [0, 0.05) is 0 Å². The minimum atomic E-state index is -4.45. The number of rotatable bonds is 2. The molecule has 2 aromatic rings. The summed E-state index contributed by atoms with van der Waals surface area (Å²) < 4.78 is 44.1. The van der Waals surface area contributed by atoms with Crippen LogP contribution in [0, 0.1) is 22.2 Å². The van der Waals surface area contributed by atoms with Crippen molar-refractivity contribution in [2.75, 3.05) is 5.32 Å². The number of amides is 1. The number of fused-ring (bicyclic) bond motifs is 1. The largest absolute Gasteiger partial charge is 0.423 e. The number of aromatic nitrogens is 1. The molecule has 1 heterocycles. The first kappa shape index (κ1) is 18.0. The summed E-state index contributed by atoms with van der Waals surface area (Å²) in [5, 5.41) is 2.78. The van der Waals surface area contributed by atoms with Gasteiger partial charge in [0.2, 0.25) is 5.91 Å². The maximum Gasteiger partial charge on any atom is 0.416 e. The molecule has 1 aromatic carbocycles. The summed E-state index contributed by atoms with van der Waals surface area (Å²) in [6.07, 6.45) is 1.67. The van der Waals surface area contributed by atoms with Crippen LogP contribution in [0.2, 0.25) is 0 Å². The summed E-state index contributed by atoms with van der Waals surface area (Å²) in [7, 11) is 0. The maximum atomic E-state index is 13.3. The van der Waals surface area contributed by atoms with Gasteiger partial charge in [-0.25, -0.2) is 0 Å². The van der Waals surface area contributed by atoms with Crippen molar-refractivity contribution in [2.24, 2.45) is 22.2 Å². The Labute approximate surface area is 160 Å². The van der Waals surface area contributed by atoms with E-state index in [0.717, 1.165) is 37.8 Å². The van der Waals surface area contributed by atoms with E-state index >= 15 is 0 Å². The summed E-state index contributed by atoms with van der Waals surface area (Å²) in [6, 6.07) is 3.14. The molecule has 2 atom stereocenters. The molecule has 0 aliphatic heterocycles. The Balaban J connectivity index is 1.43. The van der Waals surface area contributed by atoms with Crippen molar-refractivity contribution >= 4 is 23.0 Å². The van der Waals surface area contributed by atoms with E-state index in [4.69, 9.17) is 4.42 Å². The summed E-state index contributed by atoms with van der Waals surface area (Å²) in [5.41, 5.74) is -0.526. The molecule has 6 rings (SSSR count). The number of halogens is 3. The molecule has 7 heteroatoms.